The molecule has 5 rings (SSSR count). The lowest BCUT2D eigenvalue weighted by Crippen LogP contribution is -2.28. The van der Waals surface area contributed by atoms with Gasteiger partial charge in [-0.05, 0) is 80.1 Å². The Balaban J connectivity index is 1.53. The molecule has 1 saturated carbocycles. The van der Waals surface area contributed by atoms with Gasteiger partial charge >= 0.3 is 0 Å². The van der Waals surface area contributed by atoms with Gasteiger partial charge in [-0.3, -0.25) is 9.36 Å². The van der Waals surface area contributed by atoms with E-state index in [1.54, 1.807) is 24.7 Å². The van der Waals surface area contributed by atoms with Gasteiger partial charge in [-0.2, -0.15) is 0 Å². The smallest absolute Gasteiger partial charge is 0.275 e. The quantitative estimate of drug-likeness (QED) is 0.390. The maximum Gasteiger partial charge on any atom is 0.275 e. The van der Waals surface area contributed by atoms with Crippen LogP contribution in [0.25, 0.3) is 26.3 Å². The average Bonchev–Trinajstić information content (AvgIpc) is 3.51. The van der Waals surface area contributed by atoms with Gasteiger partial charge in [0.1, 0.15) is 23.4 Å². The Hall–Kier alpha value is -2.67. The molecule has 0 spiro atoms. The summed E-state index contributed by atoms with van der Waals surface area (Å²) in [5, 5.41) is 10.7. The zero-order valence-corrected chi connectivity index (χ0v) is 19.4. The number of ether oxygens (including phenoxy) is 1. The number of rotatable bonds is 6. The number of fused-ring (bicyclic) bond motifs is 1. The summed E-state index contributed by atoms with van der Waals surface area (Å²) >= 11 is 7.44. The van der Waals surface area contributed by atoms with Crippen LogP contribution in [-0.2, 0) is 0 Å². The van der Waals surface area contributed by atoms with E-state index in [0.29, 0.717) is 21.2 Å². The topological polar surface area (TPSA) is 64.3 Å². The van der Waals surface area contributed by atoms with Gasteiger partial charge < -0.3 is 9.84 Å². The van der Waals surface area contributed by atoms with E-state index in [2.05, 4.69) is 4.98 Å². The number of thiophene rings is 1. The molecule has 0 bridgehead atoms. The largest absolute Gasteiger partial charge is 0.490 e. The third-order valence-electron chi connectivity index (χ3n) is 5.44. The Morgan fingerprint density at radius 2 is 1.94 bits per heavy atom. The highest BCUT2D eigenvalue weighted by Crippen LogP contribution is 2.45. The first-order valence-electron chi connectivity index (χ1n) is 10.6. The highest BCUT2D eigenvalue weighted by molar-refractivity contribution is 7.22. The Kier molecular flexibility index (Phi) is 5.32. The lowest BCUT2D eigenvalue weighted by molar-refractivity contribution is 0.0281. The second-order valence-corrected chi connectivity index (χ2v) is 10.3. The second-order valence-electron chi connectivity index (χ2n) is 8.85. The van der Waals surface area contributed by atoms with Crippen molar-refractivity contribution in [1.29, 1.82) is 0 Å². The normalized spacial score (nSPS) is 14.1. The number of aromatic nitrogens is 2. The summed E-state index contributed by atoms with van der Waals surface area (Å²) in [4.78, 5) is 18.8. The zero-order chi connectivity index (χ0) is 22.5. The maximum atomic E-state index is 13.3. The summed E-state index contributed by atoms with van der Waals surface area (Å²) in [7, 11) is 0. The highest BCUT2D eigenvalue weighted by atomic mass is 35.5. The van der Waals surface area contributed by atoms with Crippen molar-refractivity contribution in [2.45, 2.75) is 38.2 Å². The van der Waals surface area contributed by atoms with Crippen LogP contribution in [0.3, 0.4) is 0 Å². The van der Waals surface area contributed by atoms with Gasteiger partial charge in [-0.15, -0.1) is 11.3 Å². The van der Waals surface area contributed by atoms with Crippen LogP contribution in [0.15, 0.2) is 59.7 Å². The van der Waals surface area contributed by atoms with Crippen molar-refractivity contribution in [3.8, 4) is 21.9 Å². The number of aliphatic hydroxyl groups is 1. The summed E-state index contributed by atoms with van der Waals surface area (Å²) in [6.07, 6.45) is 3.79. The van der Waals surface area contributed by atoms with Gasteiger partial charge in [0.15, 0.2) is 0 Å². The lowest BCUT2D eigenvalue weighted by Gasteiger charge is -2.20. The van der Waals surface area contributed by atoms with Crippen molar-refractivity contribution >= 4 is 33.2 Å². The highest BCUT2D eigenvalue weighted by Gasteiger charge is 2.28. The molecule has 1 fully saturated rings. The first-order chi connectivity index (χ1) is 15.3. The molecule has 0 atom stereocenters. The molecule has 32 heavy (non-hydrogen) atoms. The Morgan fingerprint density at radius 1 is 1.19 bits per heavy atom. The SMILES string of the molecule is CC(C)(O)COc1ccc(-n2cnc3cc(-c4ccc(Cl)cc4)sc3c2=O)cc1C1CC1. The molecular formula is C25H23ClN2O3S. The molecule has 2 aromatic carbocycles. The maximum absolute atomic E-state index is 13.3. The third kappa shape index (κ3) is 4.31. The van der Waals surface area contributed by atoms with Gasteiger partial charge in [0, 0.05) is 9.90 Å². The van der Waals surface area contributed by atoms with Crippen molar-refractivity contribution in [3.63, 3.8) is 0 Å². The molecule has 0 saturated heterocycles. The second kappa shape index (κ2) is 8.03. The molecule has 0 aliphatic heterocycles. The van der Waals surface area contributed by atoms with Crippen LogP contribution in [-0.4, -0.2) is 26.9 Å². The molecule has 0 amide bonds. The molecule has 164 valence electrons. The van der Waals surface area contributed by atoms with Crippen LogP contribution < -0.4 is 10.3 Å². The average molecular weight is 467 g/mol. The van der Waals surface area contributed by atoms with E-state index in [9.17, 15) is 9.90 Å². The molecule has 1 aliphatic carbocycles. The summed E-state index contributed by atoms with van der Waals surface area (Å²) in [6, 6.07) is 15.3. The van der Waals surface area contributed by atoms with Crippen LogP contribution in [0.5, 0.6) is 5.75 Å². The van der Waals surface area contributed by atoms with Crippen molar-refractivity contribution < 1.29 is 9.84 Å². The summed E-state index contributed by atoms with van der Waals surface area (Å²) in [5.41, 5.74) is 2.54. The van der Waals surface area contributed by atoms with Crippen molar-refractivity contribution in [2.24, 2.45) is 0 Å². The van der Waals surface area contributed by atoms with Gasteiger partial charge in [-0.1, -0.05) is 23.7 Å². The van der Waals surface area contributed by atoms with Gasteiger partial charge in [0.05, 0.1) is 16.8 Å². The van der Waals surface area contributed by atoms with E-state index in [1.165, 1.54) is 11.3 Å². The fourth-order valence-electron chi connectivity index (χ4n) is 3.64. The number of nitrogens with zero attached hydrogens (tertiary/aromatic N) is 2. The Morgan fingerprint density at radius 3 is 2.62 bits per heavy atom. The van der Waals surface area contributed by atoms with E-state index >= 15 is 0 Å². The molecule has 5 nitrogen and oxygen atoms in total. The van der Waals surface area contributed by atoms with Crippen molar-refractivity contribution in [2.75, 3.05) is 6.61 Å². The van der Waals surface area contributed by atoms with Gasteiger partial charge in [0.25, 0.3) is 5.56 Å². The lowest BCUT2D eigenvalue weighted by atomic mass is 10.1. The van der Waals surface area contributed by atoms with Crippen LogP contribution in [0.1, 0.15) is 38.2 Å². The molecular weight excluding hydrogens is 444 g/mol. The van der Waals surface area contributed by atoms with Gasteiger partial charge in [0.2, 0.25) is 0 Å². The van der Waals surface area contributed by atoms with E-state index < -0.39 is 5.60 Å². The fourth-order valence-corrected chi connectivity index (χ4v) is 4.81. The van der Waals surface area contributed by atoms with E-state index in [-0.39, 0.29) is 12.2 Å². The number of hydrogen-bond donors (Lipinski definition) is 1. The minimum absolute atomic E-state index is 0.0906. The minimum Gasteiger partial charge on any atom is -0.490 e. The molecule has 0 unspecified atom stereocenters. The van der Waals surface area contributed by atoms with E-state index in [4.69, 9.17) is 16.3 Å². The number of halogens is 1. The first-order valence-corrected chi connectivity index (χ1v) is 11.7. The predicted molar refractivity (Wildman–Crippen MR) is 129 cm³/mol. The van der Waals surface area contributed by atoms with Gasteiger partial charge in [-0.25, -0.2) is 4.98 Å². The minimum atomic E-state index is -0.910. The summed E-state index contributed by atoms with van der Waals surface area (Å²) in [5.74, 6) is 1.19. The van der Waals surface area contributed by atoms with Crippen LogP contribution in [0, 0.1) is 0 Å². The molecule has 2 aromatic heterocycles. The first kappa shape index (κ1) is 21.2. The third-order valence-corrected chi connectivity index (χ3v) is 6.85. The standard InChI is InChI=1S/C25H23ClN2O3S/c1-25(2,30)13-31-21-10-9-18(11-19(21)15-3-4-15)28-14-27-20-12-22(32-23(20)24(28)29)16-5-7-17(26)8-6-16/h5-12,14-15,30H,3-4,13H2,1-2H3. The molecule has 1 aliphatic rings. The fraction of sp³-hybridized carbons (Fsp3) is 0.280. The molecule has 1 N–H and O–H groups in total. The van der Waals surface area contributed by atoms with Crippen molar-refractivity contribution in [1.82, 2.24) is 9.55 Å². The monoisotopic (exact) mass is 466 g/mol. The summed E-state index contributed by atoms with van der Waals surface area (Å²) < 4.78 is 8.11. The Labute approximate surface area is 194 Å². The van der Waals surface area contributed by atoms with E-state index in [0.717, 1.165) is 40.3 Å². The molecule has 0 radical (unpaired) electrons. The molecule has 2 heterocycles. The molecule has 7 heteroatoms. The Bertz CT molecular complexity index is 1350. The van der Waals surface area contributed by atoms with Crippen molar-refractivity contribution in [3.05, 3.63) is 75.8 Å². The van der Waals surface area contributed by atoms with Crippen LogP contribution in [0.4, 0.5) is 0 Å². The van der Waals surface area contributed by atoms with Crippen LogP contribution >= 0.6 is 22.9 Å². The zero-order valence-electron chi connectivity index (χ0n) is 17.8. The summed E-state index contributed by atoms with van der Waals surface area (Å²) in [6.45, 7) is 3.65. The van der Waals surface area contributed by atoms with Crippen LogP contribution in [0.2, 0.25) is 5.02 Å². The van der Waals surface area contributed by atoms with E-state index in [1.807, 2.05) is 48.5 Å². The molecule has 4 aromatic rings. The number of hydrogen-bond acceptors (Lipinski definition) is 5. The number of benzene rings is 2. The predicted octanol–water partition coefficient (Wildman–Crippen LogP) is 5.79.